The molecule has 1 N–H and O–H groups in total. The Balaban J connectivity index is 1.33. The highest BCUT2D eigenvalue weighted by Gasteiger charge is 2.36. The number of rotatable bonds is 13. The van der Waals surface area contributed by atoms with E-state index in [1.54, 1.807) is 24.1 Å². The fourth-order valence-corrected chi connectivity index (χ4v) is 5.66. The van der Waals surface area contributed by atoms with Crippen LogP contribution >= 0.6 is 0 Å². The van der Waals surface area contributed by atoms with Crippen LogP contribution in [0.4, 0.5) is 11.6 Å². The predicted molar refractivity (Wildman–Crippen MR) is 163 cm³/mol. The molecule has 2 fully saturated rings. The van der Waals surface area contributed by atoms with Gasteiger partial charge in [-0.15, -0.1) is 0 Å². The van der Waals surface area contributed by atoms with Crippen molar-refractivity contribution in [2.45, 2.75) is 6.54 Å². The molecule has 0 radical (unpaired) electrons. The van der Waals surface area contributed by atoms with Crippen molar-refractivity contribution in [3.63, 3.8) is 0 Å². The summed E-state index contributed by atoms with van der Waals surface area (Å²) in [6.07, 6.45) is 3.44. The topological polar surface area (TPSA) is 133 Å². The van der Waals surface area contributed by atoms with E-state index in [9.17, 15) is 9.90 Å². The van der Waals surface area contributed by atoms with Gasteiger partial charge in [-0.3, -0.25) is 4.79 Å². The van der Waals surface area contributed by atoms with Crippen LogP contribution in [0.25, 0.3) is 11.3 Å². The van der Waals surface area contributed by atoms with Crippen molar-refractivity contribution < 1.29 is 33.6 Å². The van der Waals surface area contributed by atoms with Gasteiger partial charge in [0.2, 0.25) is 5.88 Å². The third-order valence-electron chi connectivity index (χ3n) is 7.87. The molecule has 1 amide bonds. The lowest BCUT2D eigenvalue weighted by Crippen LogP contribution is -2.36. The highest BCUT2D eigenvalue weighted by Crippen LogP contribution is 2.41. The van der Waals surface area contributed by atoms with Crippen LogP contribution in [0.15, 0.2) is 41.7 Å². The molecule has 0 aromatic carbocycles. The van der Waals surface area contributed by atoms with Gasteiger partial charge in [0.15, 0.2) is 0 Å². The predicted octanol–water partition coefficient (Wildman–Crippen LogP) is 1.99. The van der Waals surface area contributed by atoms with E-state index in [1.807, 2.05) is 24.3 Å². The summed E-state index contributed by atoms with van der Waals surface area (Å²) in [4.78, 5) is 31.5. The summed E-state index contributed by atoms with van der Waals surface area (Å²) in [5, 5.41) is 11.7. The Bertz CT molecular complexity index is 1480. The monoisotopic (exact) mass is 606 g/mol. The number of amides is 1. The number of aliphatic imine (C=N–C) groups is 1. The first-order valence-electron chi connectivity index (χ1n) is 15.0. The van der Waals surface area contributed by atoms with E-state index in [0.717, 1.165) is 43.4 Å². The number of carbonyl (C=O) groups excluding carboxylic acids is 1. The minimum absolute atomic E-state index is 0.0333. The van der Waals surface area contributed by atoms with Gasteiger partial charge in [-0.25, -0.2) is 15.0 Å². The molecule has 0 bridgehead atoms. The highest BCUT2D eigenvalue weighted by molar-refractivity contribution is 6.30. The second kappa shape index (κ2) is 14.3. The Hall–Kier alpha value is -3.88. The number of fused-ring (bicyclic) bond motifs is 1. The molecule has 0 saturated carbocycles. The normalized spacial score (nSPS) is 16.8. The first-order chi connectivity index (χ1) is 21.7. The van der Waals surface area contributed by atoms with Crippen molar-refractivity contribution in [1.29, 1.82) is 0 Å². The summed E-state index contributed by atoms with van der Waals surface area (Å²) in [6.45, 7) is 7.86. The van der Waals surface area contributed by atoms with E-state index in [-0.39, 0.29) is 5.88 Å². The number of carbonyl (C=O) groups is 1. The lowest BCUT2D eigenvalue weighted by atomic mass is 10.0. The number of hydrogen-bond donors (Lipinski definition) is 1. The lowest BCUT2D eigenvalue weighted by Gasteiger charge is -2.28. The van der Waals surface area contributed by atoms with Gasteiger partial charge in [-0.05, 0) is 24.3 Å². The van der Waals surface area contributed by atoms with Crippen LogP contribution in [0.3, 0.4) is 0 Å². The fraction of sp³-hybridized carbons (Fsp3) is 0.484. The Kier molecular flexibility index (Phi) is 9.78. The third-order valence-corrected chi connectivity index (χ3v) is 7.87. The van der Waals surface area contributed by atoms with E-state index in [1.165, 1.54) is 0 Å². The summed E-state index contributed by atoms with van der Waals surface area (Å²) in [5.41, 5.74) is 3.26. The van der Waals surface area contributed by atoms with Crippen LogP contribution in [0.5, 0.6) is 5.88 Å². The largest absolute Gasteiger partial charge is 0.494 e. The minimum atomic E-state index is -0.402. The van der Waals surface area contributed by atoms with Crippen molar-refractivity contribution >= 4 is 23.3 Å². The summed E-state index contributed by atoms with van der Waals surface area (Å²) < 4.78 is 29.1. The van der Waals surface area contributed by atoms with Crippen LogP contribution < -0.4 is 9.80 Å². The van der Waals surface area contributed by atoms with Crippen LogP contribution in [-0.4, -0.2) is 124 Å². The average molecular weight is 607 g/mol. The van der Waals surface area contributed by atoms with E-state index in [0.29, 0.717) is 94.1 Å². The van der Waals surface area contributed by atoms with Gasteiger partial charge < -0.3 is 43.2 Å². The van der Waals surface area contributed by atoms with Crippen molar-refractivity contribution in [1.82, 2.24) is 14.5 Å². The SMILES string of the molecule is COCCOCCOCCn1c(O)c2c(c1-c1ccnc(N3CCOCC3)c1)C(=O)N=C2c1ccnc(N2CCOCC2)c1. The van der Waals surface area contributed by atoms with Crippen molar-refractivity contribution in [3.05, 3.63) is 53.3 Å². The van der Waals surface area contributed by atoms with Crippen molar-refractivity contribution in [3.8, 4) is 17.1 Å². The molecule has 3 aromatic heterocycles. The molecule has 13 heteroatoms. The number of ether oxygens (including phenoxy) is 5. The molecule has 0 atom stereocenters. The smallest absolute Gasteiger partial charge is 0.280 e. The maximum atomic E-state index is 13.6. The minimum Gasteiger partial charge on any atom is -0.494 e. The number of aromatic nitrogens is 3. The number of hydrogen-bond acceptors (Lipinski definition) is 11. The van der Waals surface area contributed by atoms with Gasteiger partial charge in [-0.1, -0.05) is 0 Å². The maximum absolute atomic E-state index is 13.6. The molecule has 3 aromatic rings. The van der Waals surface area contributed by atoms with Gasteiger partial charge in [0.05, 0.1) is 82.0 Å². The molecule has 44 heavy (non-hydrogen) atoms. The zero-order valence-corrected chi connectivity index (χ0v) is 24.9. The molecule has 3 aliphatic rings. The Morgan fingerprint density at radius 1 is 0.795 bits per heavy atom. The third kappa shape index (κ3) is 6.47. The zero-order chi connectivity index (χ0) is 30.3. The van der Waals surface area contributed by atoms with Crippen LogP contribution in [0, 0.1) is 0 Å². The van der Waals surface area contributed by atoms with E-state index in [2.05, 4.69) is 24.8 Å². The second-order valence-electron chi connectivity index (χ2n) is 10.6. The lowest BCUT2D eigenvalue weighted by molar-refractivity contribution is 0.0228. The van der Waals surface area contributed by atoms with Gasteiger partial charge in [0.25, 0.3) is 5.91 Å². The van der Waals surface area contributed by atoms with Gasteiger partial charge in [-0.2, -0.15) is 0 Å². The standard InChI is InChI=1S/C31H38N6O7/c1-40-16-17-44-19-18-43-15-10-37-29(23-3-5-33-25(21-23)36-8-13-42-14-9-36)27-26(31(37)39)28(34-30(27)38)22-2-4-32-24(20-22)35-6-11-41-12-7-35/h2-5,20-21,39H,6-19H2,1H3. The van der Waals surface area contributed by atoms with E-state index in [4.69, 9.17) is 23.7 Å². The molecular formula is C31H38N6O7. The molecule has 234 valence electrons. The average Bonchev–Trinajstić information content (AvgIpc) is 3.57. The molecule has 13 nitrogen and oxygen atoms in total. The molecule has 2 saturated heterocycles. The van der Waals surface area contributed by atoms with E-state index >= 15 is 0 Å². The molecule has 0 aliphatic carbocycles. The highest BCUT2D eigenvalue weighted by atomic mass is 16.5. The number of anilines is 2. The molecule has 0 spiro atoms. The number of nitrogens with zero attached hydrogens (tertiary/aromatic N) is 6. The molecule has 6 heterocycles. The van der Waals surface area contributed by atoms with Crippen LogP contribution in [-0.2, 0) is 30.2 Å². The first kappa shape index (κ1) is 30.2. The van der Waals surface area contributed by atoms with E-state index < -0.39 is 5.91 Å². The van der Waals surface area contributed by atoms with Gasteiger partial charge >= 0.3 is 0 Å². The molecular weight excluding hydrogens is 568 g/mol. The maximum Gasteiger partial charge on any atom is 0.280 e. The van der Waals surface area contributed by atoms with Crippen molar-refractivity contribution in [2.24, 2.45) is 4.99 Å². The number of aromatic hydroxyl groups is 1. The number of pyridine rings is 2. The Morgan fingerprint density at radius 3 is 2.00 bits per heavy atom. The Labute approximate surface area is 256 Å². The first-order valence-corrected chi connectivity index (χ1v) is 15.0. The summed E-state index contributed by atoms with van der Waals surface area (Å²) in [5.74, 6) is 1.13. The van der Waals surface area contributed by atoms with Crippen molar-refractivity contribution in [2.75, 3.05) is 103 Å². The van der Waals surface area contributed by atoms with Gasteiger partial charge in [0.1, 0.15) is 11.6 Å². The van der Waals surface area contributed by atoms with Gasteiger partial charge in [0, 0.05) is 63.4 Å². The summed E-state index contributed by atoms with van der Waals surface area (Å²) in [6, 6.07) is 7.54. The summed E-state index contributed by atoms with van der Waals surface area (Å²) >= 11 is 0. The van der Waals surface area contributed by atoms with Crippen LogP contribution in [0.1, 0.15) is 21.5 Å². The van der Waals surface area contributed by atoms with Crippen LogP contribution in [0.2, 0.25) is 0 Å². The zero-order valence-electron chi connectivity index (χ0n) is 24.9. The second-order valence-corrected chi connectivity index (χ2v) is 10.6. The molecule has 3 aliphatic heterocycles. The molecule has 0 unspecified atom stereocenters. The molecule has 6 rings (SSSR count). The fourth-order valence-electron chi connectivity index (χ4n) is 5.66. The Morgan fingerprint density at radius 2 is 1.36 bits per heavy atom. The summed E-state index contributed by atoms with van der Waals surface area (Å²) in [7, 11) is 1.63. The number of methoxy groups -OCH3 is 1. The quantitative estimate of drug-likeness (QED) is 0.287. The number of morpholine rings is 2.